The summed E-state index contributed by atoms with van der Waals surface area (Å²) in [7, 11) is 4.01. The van der Waals surface area contributed by atoms with E-state index in [0.717, 1.165) is 12.1 Å². The fraction of sp³-hybridized carbons (Fsp3) is 0.400. The van der Waals surface area contributed by atoms with Crippen molar-refractivity contribution < 1.29 is 14.3 Å². The monoisotopic (exact) mass is 372 g/mol. The number of benzene rings is 1. The van der Waals surface area contributed by atoms with Crippen molar-refractivity contribution in [3.05, 3.63) is 57.8 Å². The molecule has 1 aromatic heterocycles. The van der Waals surface area contributed by atoms with Crippen molar-refractivity contribution in [2.75, 3.05) is 33.8 Å². The number of Topliss-reactive ketones (excluding diaryl/α,β-unsaturated/α-hetero) is 1. The normalized spacial score (nSPS) is 20.4. The molecule has 6 heteroatoms. The van der Waals surface area contributed by atoms with Gasteiger partial charge in [0.1, 0.15) is 0 Å². The predicted octanol–water partition coefficient (Wildman–Crippen LogP) is 3.09. The van der Waals surface area contributed by atoms with Gasteiger partial charge >= 0.3 is 0 Å². The van der Waals surface area contributed by atoms with Crippen LogP contribution >= 0.6 is 11.3 Å². The summed E-state index contributed by atoms with van der Waals surface area (Å²) < 4.78 is 6.03. The number of ketones is 1. The van der Waals surface area contributed by atoms with Crippen LogP contribution in [0.1, 0.15) is 38.6 Å². The second-order valence-electron chi connectivity index (χ2n) is 6.78. The smallest absolute Gasteiger partial charge is 0.255 e. The highest BCUT2D eigenvalue weighted by atomic mass is 32.1. The van der Waals surface area contributed by atoms with E-state index in [1.807, 2.05) is 49.3 Å². The summed E-state index contributed by atoms with van der Waals surface area (Å²) in [5, 5.41) is 1.78. The quantitative estimate of drug-likeness (QED) is 0.757. The zero-order valence-corrected chi connectivity index (χ0v) is 16.2. The molecule has 138 valence electrons. The first-order valence-corrected chi connectivity index (χ1v) is 9.57. The predicted molar refractivity (Wildman–Crippen MR) is 103 cm³/mol. The van der Waals surface area contributed by atoms with Gasteiger partial charge in [0.25, 0.3) is 5.91 Å². The van der Waals surface area contributed by atoms with Crippen molar-refractivity contribution >= 4 is 23.0 Å². The average Bonchev–Trinajstić information content (AvgIpc) is 3.11. The highest BCUT2D eigenvalue weighted by Crippen LogP contribution is 2.32. The summed E-state index contributed by atoms with van der Waals surface area (Å²) >= 11 is 1.32. The number of amides is 1. The first-order valence-electron chi connectivity index (χ1n) is 8.69. The first-order chi connectivity index (χ1) is 12.5. The minimum Gasteiger partial charge on any atom is -0.373 e. The van der Waals surface area contributed by atoms with Crippen molar-refractivity contribution in [2.45, 2.75) is 19.1 Å². The molecule has 1 fully saturated rings. The zero-order chi connectivity index (χ0) is 18.7. The fourth-order valence-electron chi connectivity index (χ4n) is 3.32. The molecule has 0 radical (unpaired) electrons. The highest BCUT2D eigenvalue weighted by molar-refractivity contribution is 7.12. The van der Waals surface area contributed by atoms with Gasteiger partial charge in [-0.05, 0) is 32.6 Å². The standard InChI is InChI=1S/C20H24N2O3S/c1-14(23)18-11-16(13-26-18)20(24)22-9-10-25-17(12-21(2)3)19(22)15-7-5-4-6-8-15/h4-8,11,13,17,19H,9-10,12H2,1-3H3/t17-,19-/m0/s1. The molecular formula is C20H24N2O3S. The van der Waals surface area contributed by atoms with E-state index in [0.29, 0.717) is 23.6 Å². The summed E-state index contributed by atoms with van der Waals surface area (Å²) in [4.78, 5) is 29.4. The van der Waals surface area contributed by atoms with Crippen LogP contribution in [-0.4, -0.2) is 61.4 Å². The second-order valence-corrected chi connectivity index (χ2v) is 7.69. The van der Waals surface area contributed by atoms with Crippen LogP contribution in [0.5, 0.6) is 0 Å². The highest BCUT2D eigenvalue weighted by Gasteiger charge is 2.37. The van der Waals surface area contributed by atoms with Crippen LogP contribution in [0.3, 0.4) is 0 Å². The lowest BCUT2D eigenvalue weighted by Crippen LogP contribution is -2.51. The first kappa shape index (κ1) is 18.8. The van der Waals surface area contributed by atoms with Crippen LogP contribution in [0.25, 0.3) is 0 Å². The van der Waals surface area contributed by atoms with E-state index in [-0.39, 0.29) is 23.8 Å². The molecule has 0 aliphatic carbocycles. The van der Waals surface area contributed by atoms with Crippen LogP contribution < -0.4 is 0 Å². The summed E-state index contributed by atoms with van der Waals surface area (Å²) in [5.41, 5.74) is 1.64. The molecule has 1 amide bonds. The van der Waals surface area contributed by atoms with Crippen LogP contribution in [0.2, 0.25) is 0 Å². The number of hydrogen-bond donors (Lipinski definition) is 0. The molecular weight excluding hydrogens is 348 g/mol. The number of carbonyl (C=O) groups excluding carboxylic acids is 2. The molecule has 2 aromatic rings. The average molecular weight is 372 g/mol. The molecule has 2 heterocycles. The van der Waals surface area contributed by atoms with Gasteiger partial charge in [0.2, 0.25) is 0 Å². The molecule has 0 N–H and O–H groups in total. The van der Waals surface area contributed by atoms with Crippen molar-refractivity contribution in [3.8, 4) is 0 Å². The van der Waals surface area contributed by atoms with E-state index in [1.54, 1.807) is 11.4 Å². The minimum absolute atomic E-state index is 0.0129. The Morgan fingerprint density at radius 1 is 1.27 bits per heavy atom. The maximum absolute atomic E-state index is 13.2. The number of nitrogens with zero attached hydrogens (tertiary/aromatic N) is 2. The van der Waals surface area contributed by atoms with Gasteiger partial charge < -0.3 is 14.5 Å². The summed E-state index contributed by atoms with van der Waals surface area (Å²) in [5.74, 6) is -0.0595. The molecule has 0 spiro atoms. The molecule has 26 heavy (non-hydrogen) atoms. The van der Waals surface area contributed by atoms with Crippen molar-refractivity contribution in [3.63, 3.8) is 0 Å². The van der Waals surface area contributed by atoms with Crippen molar-refractivity contribution in [1.82, 2.24) is 9.80 Å². The Balaban J connectivity index is 1.93. The topological polar surface area (TPSA) is 49.9 Å². The minimum atomic E-state index is -0.152. The van der Waals surface area contributed by atoms with Gasteiger partial charge in [-0.2, -0.15) is 0 Å². The van der Waals surface area contributed by atoms with Crippen molar-refractivity contribution in [2.24, 2.45) is 0 Å². The molecule has 3 rings (SSSR count). The number of likely N-dealkylation sites (N-methyl/N-ethyl adjacent to an activating group) is 1. The summed E-state index contributed by atoms with van der Waals surface area (Å²) in [6.45, 7) is 3.30. The Morgan fingerprint density at radius 3 is 2.62 bits per heavy atom. The van der Waals surface area contributed by atoms with Gasteiger partial charge in [-0.25, -0.2) is 0 Å². The lowest BCUT2D eigenvalue weighted by Gasteiger charge is -2.42. The van der Waals surface area contributed by atoms with Gasteiger partial charge in [0.15, 0.2) is 5.78 Å². The number of morpholine rings is 1. The van der Waals surface area contributed by atoms with Crippen LogP contribution in [-0.2, 0) is 4.74 Å². The molecule has 2 atom stereocenters. The number of rotatable bonds is 5. The van der Waals surface area contributed by atoms with Crippen molar-refractivity contribution in [1.29, 1.82) is 0 Å². The molecule has 5 nitrogen and oxygen atoms in total. The third kappa shape index (κ3) is 4.03. The van der Waals surface area contributed by atoms with E-state index in [9.17, 15) is 9.59 Å². The van der Waals surface area contributed by atoms with Crippen LogP contribution in [0.4, 0.5) is 0 Å². The Kier molecular flexibility index (Phi) is 5.86. The molecule has 1 aromatic carbocycles. The number of hydrogen-bond acceptors (Lipinski definition) is 5. The second kappa shape index (κ2) is 8.12. The van der Waals surface area contributed by atoms with Gasteiger partial charge in [-0.15, -0.1) is 11.3 Å². The fourth-order valence-corrected chi connectivity index (χ4v) is 4.10. The Morgan fingerprint density at radius 2 is 2.00 bits per heavy atom. The van der Waals surface area contributed by atoms with E-state index in [4.69, 9.17) is 4.74 Å². The number of ether oxygens (including phenoxy) is 1. The van der Waals surface area contributed by atoms with Gasteiger partial charge in [0.05, 0.1) is 29.2 Å². The maximum atomic E-state index is 13.2. The Labute approximate surface area is 158 Å². The number of thiophene rings is 1. The largest absolute Gasteiger partial charge is 0.373 e. The maximum Gasteiger partial charge on any atom is 0.255 e. The van der Waals surface area contributed by atoms with E-state index >= 15 is 0 Å². The lowest BCUT2D eigenvalue weighted by atomic mass is 9.97. The third-order valence-electron chi connectivity index (χ3n) is 4.49. The molecule has 1 aliphatic rings. The third-order valence-corrected chi connectivity index (χ3v) is 5.52. The molecule has 0 saturated carbocycles. The van der Waals surface area contributed by atoms with Crippen LogP contribution in [0, 0.1) is 0 Å². The van der Waals surface area contributed by atoms with Gasteiger partial charge in [-0.3, -0.25) is 9.59 Å². The SMILES string of the molecule is CC(=O)c1cc(C(=O)N2CCO[C@@H](CN(C)C)[C@@H]2c2ccccc2)cs1. The number of carbonyl (C=O) groups is 2. The molecule has 0 bridgehead atoms. The van der Waals surface area contributed by atoms with Gasteiger partial charge in [0, 0.05) is 18.5 Å². The van der Waals surface area contributed by atoms with Crippen LogP contribution in [0.15, 0.2) is 41.8 Å². The zero-order valence-electron chi connectivity index (χ0n) is 15.3. The summed E-state index contributed by atoms with van der Waals surface area (Å²) in [6, 6.07) is 11.6. The van der Waals surface area contributed by atoms with E-state index < -0.39 is 0 Å². The molecule has 0 unspecified atom stereocenters. The van der Waals surface area contributed by atoms with E-state index in [2.05, 4.69) is 4.90 Å². The van der Waals surface area contributed by atoms with Gasteiger partial charge in [-0.1, -0.05) is 30.3 Å². The Hall–Kier alpha value is -2.02. The van der Waals surface area contributed by atoms with E-state index in [1.165, 1.54) is 18.3 Å². The molecule has 1 aliphatic heterocycles. The Bertz CT molecular complexity index is 772. The lowest BCUT2D eigenvalue weighted by molar-refractivity contribution is -0.0684. The molecule has 1 saturated heterocycles. The summed E-state index contributed by atoms with van der Waals surface area (Å²) in [6.07, 6.45) is -0.101.